The van der Waals surface area contributed by atoms with E-state index in [1.807, 2.05) is 31.3 Å². The summed E-state index contributed by atoms with van der Waals surface area (Å²) in [5.41, 5.74) is 6.85. The first-order valence-corrected chi connectivity index (χ1v) is 6.40. The van der Waals surface area contributed by atoms with Crippen molar-refractivity contribution in [1.29, 1.82) is 0 Å². The molecule has 0 amide bonds. The van der Waals surface area contributed by atoms with E-state index in [0.717, 1.165) is 16.0 Å². The van der Waals surface area contributed by atoms with E-state index in [4.69, 9.17) is 5.73 Å². The molecule has 2 rings (SSSR count). The average Bonchev–Trinajstić information content (AvgIpc) is 2.68. The fraction of sp³-hybridized carbons (Fsp3) is 0.182. The molecule has 0 saturated heterocycles. The third kappa shape index (κ3) is 2.54. The van der Waals surface area contributed by atoms with Crippen molar-refractivity contribution in [1.82, 2.24) is 4.37 Å². The van der Waals surface area contributed by atoms with Crippen LogP contribution in [-0.4, -0.2) is 11.4 Å². The van der Waals surface area contributed by atoms with Crippen LogP contribution in [0.4, 0.5) is 10.8 Å². The van der Waals surface area contributed by atoms with E-state index in [9.17, 15) is 0 Å². The third-order valence-corrected chi connectivity index (χ3v) is 3.95. The molecule has 0 unspecified atom stereocenters. The summed E-state index contributed by atoms with van der Waals surface area (Å²) in [5, 5.41) is 1.08. The normalized spacial score (nSPS) is 10.4. The molecule has 16 heavy (non-hydrogen) atoms. The van der Waals surface area contributed by atoms with Crippen LogP contribution in [0.25, 0.3) is 0 Å². The van der Waals surface area contributed by atoms with Crippen LogP contribution in [-0.2, 0) is 6.54 Å². The Hall–Kier alpha value is -1.07. The van der Waals surface area contributed by atoms with Gasteiger partial charge in [0.25, 0.3) is 0 Å². The molecule has 0 fully saturated rings. The van der Waals surface area contributed by atoms with Crippen LogP contribution in [0.15, 0.2) is 34.8 Å². The van der Waals surface area contributed by atoms with Crippen molar-refractivity contribution in [2.75, 3.05) is 17.7 Å². The molecule has 5 heteroatoms. The van der Waals surface area contributed by atoms with Gasteiger partial charge in [-0.3, -0.25) is 0 Å². The van der Waals surface area contributed by atoms with Gasteiger partial charge in [-0.1, -0.05) is 34.1 Å². The molecule has 0 saturated carbocycles. The predicted octanol–water partition coefficient (Wildman–Crippen LogP) is 3.12. The zero-order chi connectivity index (χ0) is 11.5. The van der Waals surface area contributed by atoms with Crippen LogP contribution in [0.3, 0.4) is 0 Å². The molecule has 1 heterocycles. The highest BCUT2D eigenvalue weighted by molar-refractivity contribution is 9.10. The van der Waals surface area contributed by atoms with Gasteiger partial charge in [-0.2, -0.15) is 4.37 Å². The zero-order valence-electron chi connectivity index (χ0n) is 8.85. The summed E-state index contributed by atoms with van der Waals surface area (Å²) in [6, 6.07) is 10.1. The van der Waals surface area contributed by atoms with E-state index in [2.05, 4.69) is 31.3 Å². The molecule has 0 spiro atoms. The van der Waals surface area contributed by atoms with E-state index < -0.39 is 0 Å². The summed E-state index contributed by atoms with van der Waals surface area (Å²) in [6.45, 7) is 0.836. The van der Waals surface area contributed by atoms with E-state index in [1.54, 1.807) is 0 Å². The lowest BCUT2D eigenvalue weighted by atomic mass is 10.2. The van der Waals surface area contributed by atoms with Gasteiger partial charge >= 0.3 is 0 Å². The van der Waals surface area contributed by atoms with Crippen LogP contribution in [0.1, 0.15) is 5.56 Å². The highest BCUT2D eigenvalue weighted by Gasteiger charge is 2.07. The first-order valence-electron chi connectivity index (χ1n) is 4.83. The summed E-state index contributed by atoms with van der Waals surface area (Å²) in [7, 11) is 2.03. The Morgan fingerprint density at radius 2 is 2.19 bits per heavy atom. The number of nitrogens with two attached hydrogens (primary N) is 1. The highest BCUT2D eigenvalue weighted by Crippen LogP contribution is 2.25. The Morgan fingerprint density at radius 3 is 2.81 bits per heavy atom. The smallest absolute Gasteiger partial charge is 0.139 e. The summed E-state index contributed by atoms with van der Waals surface area (Å²) in [4.78, 5) is 2.13. The monoisotopic (exact) mass is 297 g/mol. The topological polar surface area (TPSA) is 42.1 Å². The maximum atomic E-state index is 5.60. The zero-order valence-corrected chi connectivity index (χ0v) is 11.3. The van der Waals surface area contributed by atoms with E-state index >= 15 is 0 Å². The predicted molar refractivity (Wildman–Crippen MR) is 72.8 cm³/mol. The van der Waals surface area contributed by atoms with E-state index in [-0.39, 0.29) is 0 Å². The summed E-state index contributed by atoms with van der Waals surface area (Å²) in [5.74, 6) is 0.582. The Kier molecular flexibility index (Phi) is 3.46. The molecule has 0 aliphatic heterocycles. The summed E-state index contributed by atoms with van der Waals surface area (Å²) < 4.78 is 5.19. The second kappa shape index (κ2) is 4.84. The first kappa shape index (κ1) is 11.4. The van der Waals surface area contributed by atoms with E-state index in [1.165, 1.54) is 17.1 Å². The van der Waals surface area contributed by atoms with Crippen LogP contribution >= 0.6 is 27.5 Å². The van der Waals surface area contributed by atoms with Gasteiger partial charge < -0.3 is 10.6 Å². The third-order valence-electron chi connectivity index (χ3n) is 2.26. The second-order valence-corrected chi connectivity index (χ2v) is 5.18. The number of hydrogen-bond acceptors (Lipinski definition) is 4. The molecule has 0 atom stereocenters. The van der Waals surface area contributed by atoms with Crippen molar-refractivity contribution in [2.24, 2.45) is 0 Å². The Labute approximate surface area is 107 Å². The highest BCUT2D eigenvalue weighted by atomic mass is 79.9. The molecular weight excluding hydrogens is 286 g/mol. The Morgan fingerprint density at radius 1 is 1.44 bits per heavy atom. The standard InChI is InChI=1S/C11H12BrN3S/c1-15(11-6-10(13)14-16-11)7-8-4-2-3-5-9(8)12/h2-6H,7H2,1H3,(H2,13,14). The van der Waals surface area contributed by atoms with Gasteiger partial charge in [-0.25, -0.2) is 0 Å². The molecule has 2 N–H and O–H groups in total. The molecule has 0 radical (unpaired) electrons. The first-order chi connectivity index (χ1) is 7.66. The van der Waals surface area contributed by atoms with Gasteiger partial charge in [0.2, 0.25) is 0 Å². The lowest BCUT2D eigenvalue weighted by Gasteiger charge is -2.17. The number of benzene rings is 1. The Bertz CT molecular complexity index is 484. The minimum atomic E-state index is 0.582. The fourth-order valence-corrected chi connectivity index (χ4v) is 2.46. The quantitative estimate of drug-likeness (QED) is 0.946. The molecule has 0 aliphatic rings. The molecule has 3 nitrogen and oxygen atoms in total. The van der Waals surface area contributed by atoms with Gasteiger partial charge in [0.1, 0.15) is 10.8 Å². The Balaban J connectivity index is 2.13. The van der Waals surface area contributed by atoms with E-state index in [0.29, 0.717) is 5.82 Å². The van der Waals surface area contributed by atoms with Crippen LogP contribution < -0.4 is 10.6 Å². The SMILES string of the molecule is CN(Cc1ccccc1Br)c1cc(N)ns1. The number of anilines is 2. The van der Waals surface area contributed by atoms with Crippen molar-refractivity contribution in [3.8, 4) is 0 Å². The van der Waals surface area contributed by atoms with Crippen LogP contribution in [0.5, 0.6) is 0 Å². The van der Waals surface area contributed by atoms with Crippen LogP contribution in [0.2, 0.25) is 0 Å². The van der Waals surface area contributed by atoms with Crippen LogP contribution in [0, 0.1) is 0 Å². The van der Waals surface area contributed by atoms with Gasteiger partial charge in [-0.05, 0) is 23.2 Å². The van der Waals surface area contributed by atoms with Gasteiger partial charge in [0.05, 0.1) is 0 Å². The van der Waals surface area contributed by atoms with Crippen molar-refractivity contribution < 1.29 is 0 Å². The minimum absolute atomic E-state index is 0.582. The maximum absolute atomic E-state index is 5.60. The van der Waals surface area contributed by atoms with Gasteiger partial charge in [0, 0.05) is 24.1 Å². The molecule has 0 aliphatic carbocycles. The number of rotatable bonds is 3. The molecule has 0 bridgehead atoms. The molecule has 1 aromatic heterocycles. The maximum Gasteiger partial charge on any atom is 0.139 e. The second-order valence-electron chi connectivity index (χ2n) is 3.54. The molecular formula is C11H12BrN3S. The number of nitrogens with zero attached hydrogens (tertiary/aromatic N) is 2. The minimum Gasteiger partial charge on any atom is -0.383 e. The summed E-state index contributed by atoms with van der Waals surface area (Å²) in [6.07, 6.45) is 0. The molecule has 1 aromatic carbocycles. The summed E-state index contributed by atoms with van der Waals surface area (Å²) >= 11 is 4.96. The average molecular weight is 298 g/mol. The van der Waals surface area contributed by atoms with Crippen molar-refractivity contribution in [2.45, 2.75) is 6.54 Å². The lowest BCUT2D eigenvalue weighted by Crippen LogP contribution is -2.15. The molecule has 2 aromatic rings. The van der Waals surface area contributed by atoms with Crippen molar-refractivity contribution >= 4 is 38.3 Å². The fourth-order valence-electron chi connectivity index (χ4n) is 1.42. The number of nitrogen functional groups attached to an aromatic ring is 1. The number of hydrogen-bond donors (Lipinski definition) is 1. The lowest BCUT2D eigenvalue weighted by molar-refractivity contribution is 0.930. The van der Waals surface area contributed by atoms with Gasteiger partial charge in [-0.15, -0.1) is 0 Å². The number of halogens is 1. The largest absolute Gasteiger partial charge is 0.383 e. The number of aromatic nitrogens is 1. The van der Waals surface area contributed by atoms with Crippen molar-refractivity contribution in [3.63, 3.8) is 0 Å². The molecule has 84 valence electrons. The van der Waals surface area contributed by atoms with Crippen molar-refractivity contribution in [3.05, 3.63) is 40.4 Å². The van der Waals surface area contributed by atoms with Gasteiger partial charge in [0.15, 0.2) is 0 Å².